The third-order valence-corrected chi connectivity index (χ3v) is 11.0. The zero-order valence-corrected chi connectivity index (χ0v) is 47.6. The largest absolute Gasteiger partial charge is 0.392 e. The number of aliphatic hydroxyl groups excluding tert-OH is 1. The normalized spacial score (nSPS) is 12.4. The van der Waals surface area contributed by atoms with Gasteiger partial charge < -0.3 is 105 Å². The highest BCUT2D eigenvalue weighted by Gasteiger charge is 2.30. The number of rotatable bonds is 56. The summed E-state index contributed by atoms with van der Waals surface area (Å²) in [4.78, 5) is 73.9. The summed E-state index contributed by atoms with van der Waals surface area (Å²) in [6.45, 7) is 16.3. The molecule has 0 saturated heterocycles. The molecule has 0 unspecified atom stereocenters. The van der Waals surface area contributed by atoms with E-state index in [1.165, 1.54) is 6.92 Å². The monoisotopic (exact) mass is 1150 g/mol. The van der Waals surface area contributed by atoms with Crippen LogP contribution >= 0.6 is 0 Å². The maximum absolute atomic E-state index is 13.5. The Morgan fingerprint density at radius 1 is 0.475 bits per heavy atom. The number of nitrogens with one attached hydrogen (secondary N) is 6. The molecule has 0 aliphatic heterocycles. The van der Waals surface area contributed by atoms with Crippen LogP contribution in [0.15, 0.2) is 24.3 Å². The number of anilines is 1. The van der Waals surface area contributed by atoms with Gasteiger partial charge in [0.05, 0.1) is 171 Å². The molecule has 0 radical (unpaired) electrons. The maximum atomic E-state index is 13.5. The van der Waals surface area contributed by atoms with Crippen molar-refractivity contribution >= 4 is 41.3 Å². The number of unbranched alkanes of at least 4 members (excludes halogenated alkanes) is 1. The minimum absolute atomic E-state index is 0.0752. The molecule has 0 aliphatic rings. The Bertz CT molecular complexity index is 1730. The third kappa shape index (κ3) is 45.0. The number of amides is 7. The number of benzene rings is 1. The molecule has 27 nitrogen and oxygen atoms in total. The van der Waals surface area contributed by atoms with Crippen LogP contribution in [0.5, 0.6) is 0 Å². The average molecular weight is 1150 g/mol. The van der Waals surface area contributed by atoms with Crippen LogP contribution < -0.4 is 43.4 Å². The Labute approximate surface area is 472 Å². The number of urea groups is 1. The zero-order chi connectivity index (χ0) is 58.5. The van der Waals surface area contributed by atoms with Gasteiger partial charge in [-0.15, -0.1) is 0 Å². The van der Waals surface area contributed by atoms with Crippen molar-refractivity contribution in [2.45, 2.75) is 84.0 Å². The van der Waals surface area contributed by atoms with E-state index in [1.807, 2.05) is 0 Å². The van der Waals surface area contributed by atoms with E-state index < -0.39 is 41.9 Å². The molecule has 0 spiro atoms. The van der Waals surface area contributed by atoms with Gasteiger partial charge in [-0.3, -0.25) is 24.0 Å². The zero-order valence-electron chi connectivity index (χ0n) is 47.6. The van der Waals surface area contributed by atoms with Crippen molar-refractivity contribution in [2.75, 3.05) is 184 Å². The number of hydrogen-bond acceptors (Lipinski definition) is 20. The highest BCUT2D eigenvalue weighted by atomic mass is 16.6. The van der Waals surface area contributed by atoms with Crippen LogP contribution in [0.3, 0.4) is 0 Å². The number of ether oxygens (including phenoxy) is 12. The Balaban J connectivity index is 1.94. The van der Waals surface area contributed by atoms with Crippen molar-refractivity contribution in [3.05, 3.63) is 29.8 Å². The van der Waals surface area contributed by atoms with Crippen LogP contribution in [0.25, 0.3) is 0 Å². The van der Waals surface area contributed by atoms with Gasteiger partial charge in [0.25, 0.3) is 0 Å². The Morgan fingerprint density at radius 2 is 0.887 bits per heavy atom. The Hall–Kier alpha value is -4.72. The fraction of sp³-hybridized carbons (Fsp3) is 0.774. The standard InChI is InChI=1S/C53H96N8O19/c1-42(2)49(52(67)60-47(8-6-15-58-53(55)68)51(66)59-45-11-9-44(41-62)10-12-45)61-50(65)46(54)7-4-5-14-57-48(64)13-17-69-19-21-71-23-25-73-27-29-75-31-33-77-35-37-79-39-40-80-38-36-78-34-32-76-30-28-74-26-24-72-22-20-70-18-16-56-43(3)63/h9-12,42,46-47,49,62H,4-8,13-41,54H2,1-3H3,(H,56,63)(H,57,64)(H,59,66)(H,60,67)(H,61,65)(H3,55,58,68)/t46-,47-,49-/m0/s1. The number of nitrogens with two attached hydrogens (primary N) is 2. The van der Waals surface area contributed by atoms with Gasteiger partial charge in [-0.05, 0) is 55.7 Å². The van der Waals surface area contributed by atoms with E-state index in [9.17, 15) is 33.9 Å². The first-order valence-electron chi connectivity index (χ1n) is 27.7. The quantitative estimate of drug-likeness (QED) is 0.0372. The predicted octanol–water partition coefficient (Wildman–Crippen LogP) is -0.469. The number of aliphatic hydroxyl groups is 1. The summed E-state index contributed by atoms with van der Waals surface area (Å²) in [5.41, 5.74) is 12.4. The lowest BCUT2D eigenvalue weighted by Crippen LogP contribution is -2.56. The number of hydrogen-bond donors (Lipinski definition) is 9. The van der Waals surface area contributed by atoms with Gasteiger partial charge in [0, 0.05) is 38.7 Å². The van der Waals surface area contributed by atoms with Gasteiger partial charge >= 0.3 is 6.03 Å². The van der Waals surface area contributed by atoms with E-state index in [1.54, 1.807) is 38.1 Å². The van der Waals surface area contributed by atoms with Gasteiger partial charge in [0.2, 0.25) is 29.5 Å². The first-order valence-corrected chi connectivity index (χ1v) is 27.7. The summed E-state index contributed by atoms with van der Waals surface area (Å²) in [5.74, 6) is -2.20. The van der Waals surface area contributed by atoms with E-state index in [-0.39, 0.29) is 50.3 Å². The van der Waals surface area contributed by atoms with Crippen LogP contribution in [0.2, 0.25) is 0 Å². The molecule has 11 N–H and O–H groups in total. The fourth-order valence-corrected chi connectivity index (χ4v) is 6.69. The molecule has 27 heteroatoms. The summed E-state index contributed by atoms with van der Waals surface area (Å²) < 4.78 is 65.7. The van der Waals surface area contributed by atoms with Gasteiger partial charge in [0.1, 0.15) is 12.1 Å². The van der Waals surface area contributed by atoms with Gasteiger partial charge in [0.15, 0.2) is 0 Å². The Kier molecular flexibility index (Phi) is 48.0. The van der Waals surface area contributed by atoms with Gasteiger partial charge in [-0.2, -0.15) is 0 Å². The Morgan fingerprint density at radius 3 is 1.29 bits per heavy atom. The summed E-state index contributed by atoms with van der Waals surface area (Å²) in [7, 11) is 0. The first-order chi connectivity index (χ1) is 38.8. The van der Waals surface area contributed by atoms with Gasteiger partial charge in [-0.1, -0.05) is 26.0 Å². The topological polar surface area (TPSA) is 358 Å². The molecule has 80 heavy (non-hydrogen) atoms. The summed E-state index contributed by atoms with van der Waals surface area (Å²) in [5, 5.41) is 25.5. The number of primary amides is 1. The SMILES string of the molecule is CC(=O)NCCOCCOCCOCCOCCOCCOCCOCCOCCOCCOCCOCCOCCC(=O)NCCCC[C@H](N)C(=O)N[C@H](C(=O)N[C@@H](CCCNC(N)=O)C(=O)Nc1ccc(CO)cc1)C(C)C. The molecule has 462 valence electrons. The minimum atomic E-state index is -1.01. The summed E-state index contributed by atoms with van der Waals surface area (Å²) in [6, 6.07) is 2.93. The molecule has 0 aromatic heterocycles. The molecule has 0 aliphatic carbocycles. The molecular formula is C53H96N8O19. The smallest absolute Gasteiger partial charge is 0.312 e. The second-order valence-corrected chi connectivity index (χ2v) is 18.1. The molecule has 1 aromatic carbocycles. The lowest BCUT2D eigenvalue weighted by Gasteiger charge is -2.26. The molecule has 0 bridgehead atoms. The third-order valence-electron chi connectivity index (χ3n) is 11.0. The van der Waals surface area contributed by atoms with Crippen LogP contribution in [0.1, 0.15) is 64.9 Å². The minimum Gasteiger partial charge on any atom is -0.392 e. The van der Waals surface area contributed by atoms with Gasteiger partial charge in [-0.25, -0.2) is 4.79 Å². The first kappa shape index (κ1) is 73.3. The van der Waals surface area contributed by atoms with Crippen LogP contribution in [0, 0.1) is 5.92 Å². The van der Waals surface area contributed by atoms with E-state index in [2.05, 4.69) is 31.9 Å². The molecule has 0 fully saturated rings. The lowest BCUT2D eigenvalue weighted by molar-refractivity contribution is -0.132. The van der Waals surface area contributed by atoms with Crippen LogP contribution in [0.4, 0.5) is 10.5 Å². The second kappa shape index (κ2) is 52.4. The molecule has 0 saturated carbocycles. The van der Waals surface area contributed by atoms with Crippen molar-refractivity contribution in [3.63, 3.8) is 0 Å². The van der Waals surface area contributed by atoms with Crippen LogP contribution in [-0.4, -0.2) is 237 Å². The maximum Gasteiger partial charge on any atom is 0.312 e. The average Bonchev–Trinajstić information content (AvgIpc) is 3.43. The molecular weight excluding hydrogens is 1050 g/mol. The molecule has 7 amide bonds. The number of carbonyl (C=O) groups is 6. The van der Waals surface area contributed by atoms with Crippen molar-refractivity contribution < 1.29 is 90.7 Å². The molecule has 0 heterocycles. The highest BCUT2D eigenvalue weighted by Crippen LogP contribution is 2.12. The van der Waals surface area contributed by atoms with E-state index >= 15 is 0 Å². The van der Waals surface area contributed by atoms with Crippen LogP contribution in [-0.2, 0) is 87.4 Å². The van der Waals surface area contributed by atoms with E-state index in [0.29, 0.717) is 202 Å². The van der Waals surface area contributed by atoms with Crippen molar-refractivity contribution in [1.29, 1.82) is 0 Å². The molecule has 3 atom stereocenters. The second-order valence-electron chi connectivity index (χ2n) is 18.1. The van der Waals surface area contributed by atoms with Crippen molar-refractivity contribution in [2.24, 2.45) is 17.4 Å². The predicted molar refractivity (Wildman–Crippen MR) is 294 cm³/mol. The van der Waals surface area contributed by atoms with Crippen molar-refractivity contribution in [1.82, 2.24) is 26.6 Å². The number of carbonyl (C=O) groups excluding carboxylic acids is 6. The molecule has 1 rings (SSSR count). The van der Waals surface area contributed by atoms with Crippen molar-refractivity contribution in [3.8, 4) is 0 Å². The van der Waals surface area contributed by atoms with E-state index in [4.69, 9.17) is 68.3 Å². The summed E-state index contributed by atoms with van der Waals surface area (Å²) >= 11 is 0. The molecule has 1 aromatic rings. The lowest BCUT2D eigenvalue weighted by atomic mass is 10.0. The van der Waals surface area contributed by atoms with E-state index in [0.717, 1.165) is 0 Å². The summed E-state index contributed by atoms with van der Waals surface area (Å²) in [6.07, 6.45) is 2.11. The highest BCUT2D eigenvalue weighted by molar-refractivity contribution is 5.98. The fourth-order valence-electron chi connectivity index (χ4n) is 6.69.